The van der Waals surface area contributed by atoms with Gasteiger partial charge < -0.3 is 20.5 Å². The minimum atomic E-state index is -0.110. The van der Waals surface area contributed by atoms with Crippen LogP contribution >= 0.6 is 0 Å². The van der Waals surface area contributed by atoms with Crippen molar-refractivity contribution in [1.82, 2.24) is 5.32 Å². The molecule has 2 aromatic carbocycles. The molecule has 0 fully saturated rings. The van der Waals surface area contributed by atoms with Crippen LogP contribution in [0.1, 0.15) is 44.9 Å². The second-order valence-corrected chi connectivity index (χ2v) is 6.78. The van der Waals surface area contributed by atoms with Crippen molar-refractivity contribution in [3.05, 3.63) is 53.6 Å². The van der Waals surface area contributed by atoms with Crippen molar-refractivity contribution in [2.24, 2.45) is 5.92 Å². The topological polar surface area (TPSA) is 73.6 Å². The molecule has 0 saturated heterocycles. The third kappa shape index (κ3) is 5.91. The Kier molecular flexibility index (Phi) is 7.53. The van der Waals surface area contributed by atoms with Gasteiger partial charge >= 0.3 is 0 Å². The summed E-state index contributed by atoms with van der Waals surface area (Å²) in [6.45, 7) is 9.19. The minimum Gasteiger partial charge on any atom is -0.490 e. The van der Waals surface area contributed by atoms with Crippen LogP contribution in [0.4, 0.5) is 5.69 Å². The first kappa shape index (κ1) is 20.6. The van der Waals surface area contributed by atoms with Crippen molar-refractivity contribution in [2.45, 2.75) is 40.2 Å². The van der Waals surface area contributed by atoms with Gasteiger partial charge in [-0.2, -0.15) is 0 Å². The summed E-state index contributed by atoms with van der Waals surface area (Å²) in [7, 11) is 0. The summed E-state index contributed by atoms with van der Waals surface area (Å²) in [6, 6.07) is 13.1. The zero-order chi connectivity index (χ0) is 19.8. The standard InChI is InChI=1S/C22H30N2O3/c1-5-26-19-12-9-17(14-20(19)27-6-2)22(15(3)4)24-21(25)13-16-7-10-18(23)11-8-16/h7-12,14-15,22H,5-6,13,23H2,1-4H3,(H,24,25). The Morgan fingerprint density at radius 1 is 1.00 bits per heavy atom. The van der Waals surface area contributed by atoms with Crippen LogP contribution in [0.3, 0.4) is 0 Å². The first-order valence-electron chi connectivity index (χ1n) is 9.47. The molecule has 0 aromatic heterocycles. The van der Waals surface area contributed by atoms with Crippen molar-refractivity contribution >= 4 is 11.6 Å². The lowest BCUT2D eigenvalue weighted by atomic mass is 9.95. The zero-order valence-corrected chi connectivity index (χ0v) is 16.6. The highest BCUT2D eigenvalue weighted by Gasteiger charge is 2.20. The van der Waals surface area contributed by atoms with Gasteiger partial charge in [-0.3, -0.25) is 4.79 Å². The quantitative estimate of drug-likeness (QED) is 0.651. The first-order chi connectivity index (χ1) is 12.9. The van der Waals surface area contributed by atoms with Crippen LogP contribution in [-0.4, -0.2) is 19.1 Å². The van der Waals surface area contributed by atoms with Gasteiger partial charge in [0.2, 0.25) is 5.91 Å². The van der Waals surface area contributed by atoms with Gasteiger partial charge in [-0.1, -0.05) is 32.0 Å². The van der Waals surface area contributed by atoms with Crippen molar-refractivity contribution in [3.8, 4) is 11.5 Å². The molecule has 5 nitrogen and oxygen atoms in total. The number of ether oxygens (including phenoxy) is 2. The molecule has 5 heteroatoms. The van der Waals surface area contributed by atoms with Crippen LogP contribution in [-0.2, 0) is 11.2 Å². The SMILES string of the molecule is CCOc1ccc(C(NC(=O)Cc2ccc(N)cc2)C(C)C)cc1OCC. The Morgan fingerprint density at radius 2 is 1.63 bits per heavy atom. The molecule has 0 bridgehead atoms. The van der Waals surface area contributed by atoms with Crippen LogP contribution in [0, 0.1) is 5.92 Å². The monoisotopic (exact) mass is 370 g/mol. The lowest BCUT2D eigenvalue weighted by Crippen LogP contribution is -2.32. The average molecular weight is 370 g/mol. The van der Waals surface area contributed by atoms with E-state index in [1.54, 1.807) is 0 Å². The summed E-state index contributed by atoms with van der Waals surface area (Å²) < 4.78 is 11.4. The Labute approximate surface area is 161 Å². The summed E-state index contributed by atoms with van der Waals surface area (Å²) in [5, 5.41) is 3.15. The number of nitrogen functional groups attached to an aromatic ring is 1. The second-order valence-electron chi connectivity index (χ2n) is 6.78. The number of benzene rings is 2. The molecule has 0 aliphatic rings. The van der Waals surface area contributed by atoms with E-state index < -0.39 is 0 Å². The fourth-order valence-electron chi connectivity index (χ4n) is 2.94. The van der Waals surface area contributed by atoms with Crippen molar-refractivity contribution in [3.63, 3.8) is 0 Å². The molecule has 1 amide bonds. The molecule has 3 N–H and O–H groups in total. The molecular weight excluding hydrogens is 340 g/mol. The number of amides is 1. The Bertz CT molecular complexity index is 742. The molecule has 0 spiro atoms. The molecular formula is C22H30N2O3. The highest BCUT2D eigenvalue weighted by molar-refractivity contribution is 5.79. The smallest absolute Gasteiger partial charge is 0.224 e. The number of rotatable bonds is 9. The number of nitrogens with two attached hydrogens (primary N) is 1. The number of carbonyl (C=O) groups excluding carboxylic acids is 1. The molecule has 1 unspecified atom stereocenters. The van der Waals surface area contributed by atoms with Crippen LogP contribution in [0.25, 0.3) is 0 Å². The van der Waals surface area contributed by atoms with Crippen LogP contribution in [0.15, 0.2) is 42.5 Å². The second kappa shape index (κ2) is 9.86. The third-order valence-corrected chi connectivity index (χ3v) is 4.25. The number of nitrogens with one attached hydrogen (secondary N) is 1. The third-order valence-electron chi connectivity index (χ3n) is 4.25. The van der Waals surface area contributed by atoms with Gasteiger partial charge in [0, 0.05) is 5.69 Å². The maximum absolute atomic E-state index is 12.6. The van der Waals surface area contributed by atoms with E-state index in [2.05, 4.69) is 19.2 Å². The van der Waals surface area contributed by atoms with Gasteiger partial charge in [-0.05, 0) is 55.2 Å². The van der Waals surface area contributed by atoms with Crippen molar-refractivity contribution in [1.29, 1.82) is 0 Å². The fourth-order valence-corrected chi connectivity index (χ4v) is 2.94. The van der Waals surface area contributed by atoms with E-state index in [9.17, 15) is 4.79 Å². The highest BCUT2D eigenvalue weighted by atomic mass is 16.5. The summed E-state index contributed by atoms with van der Waals surface area (Å²) in [4.78, 5) is 12.6. The molecule has 146 valence electrons. The number of hydrogen-bond acceptors (Lipinski definition) is 4. The Morgan fingerprint density at radius 3 is 2.22 bits per heavy atom. The molecule has 2 aromatic rings. The molecule has 0 aliphatic carbocycles. The van der Waals surface area contributed by atoms with E-state index in [0.29, 0.717) is 31.1 Å². The minimum absolute atomic E-state index is 0.0229. The van der Waals surface area contributed by atoms with E-state index in [-0.39, 0.29) is 17.9 Å². The summed E-state index contributed by atoms with van der Waals surface area (Å²) in [5.41, 5.74) is 8.33. The van der Waals surface area contributed by atoms with E-state index in [1.807, 2.05) is 56.3 Å². The number of hydrogen-bond donors (Lipinski definition) is 2. The van der Waals surface area contributed by atoms with E-state index >= 15 is 0 Å². The fraction of sp³-hybridized carbons (Fsp3) is 0.409. The molecule has 0 saturated carbocycles. The highest BCUT2D eigenvalue weighted by Crippen LogP contribution is 2.33. The van der Waals surface area contributed by atoms with Crippen molar-refractivity contribution in [2.75, 3.05) is 18.9 Å². The molecule has 0 heterocycles. The van der Waals surface area contributed by atoms with Crippen molar-refractivity contribution < 1.29 is 14.3 Å². The molecule has 1 atom stereocenters. The average Bonchev–Trinajstić information content (AvgIpc) is 2.63. The lowest BCUT2D eigenvalue weighted by molar-refractivity contribution is -0.121. The lowest BCUT2D eigenvalue weighted by Gasteiger charge is -2.24. The van der Waals surface area contributed by atoms with Crippen LogP contribution < -0.4 is 20.5 Å². The Balaban J connectivity index is 2.17. The van der Waals surface area contributed by atoms with E-state index in [0.717, 1.165) is 16.9 Å². The zero-order valence-electron chi connectivity index (χ0n) is 16.6. The number of carbonyl (C=O) groups is 1. The predicted molar refractivity (Wildman–Crippen MR) is 109 cm³/mol. The summed E-state index contributed by atoms with van der Waals surface area (Å²) in [5.74, 6) is 1.63. The van der Waals surface area contributed by atoms with Crippen LogP contribution in [0.2, 0.25) is 0 Å². The maximum Gasteiger partial charge on any atom is 0.224 e. The van der Waals surface area contributed by atoms with Gasteiger partial charge in [0.15, 0.2) is 11.5 Å². The van der Waals surface area contributed by atoms with Gasteiger partial charge in [0.25, 0.3) is 0 Å². The molecule has 0 aliphatic heterocycles. The van der Waals surface area contributed by atoms with E-state index in [4.69, 9.17) is 15.2 Å². The summed E-state index contributed by atoms with van der Waals surface area (Å²) >= 11 is 0. The Hall–Kier alpha value is -2.69. The number of anilines is 1. The largest absolute Gasteiger partial charge is 0.490 e. The van der Waals surface area contributed by atoms with Gasteiger partial charge in [0.05, 0.1) is 25.7 Å². The maximum atomic E-state index is 12.6. The van der Waals surface area contributed by atoms with Gasteiger partial charge in [-0.25, -0.2) is 0 Å². The molecule has 2 rings (SSSR count). The normalized spacial score (nSPS) is 11.9. The predicted octanol–water partition coefficient (Wildman–Crippen LogP) is 4.12. The molecule has 27 heavy (non-hydrogen) atoms. The van der Waals surface area contributed by atoms with Gasteiger partial charge in [0.1, 0.15) is 0 Å². The summed E-state index contributed by atoms with van der Waals surface area (Å²) in [6.07, 6.45) is 0.318. The first-order valence-corrected chi connectivity index (χ1v) is 9.47. The molecule has 0 radical (unpaired) electrons. The van der Waals surface area contributed by atoms with Crippen LogP contribution in [0.5, 0.6) is 11.5 Å². The van der Waals surface area contributed by atoms with E-state index in [1.165, 1.54) is 0 Å². The van der Waals surface area contributed by atoms with Gasteiger partial charge in [-0.15, -0.1) is 0 Å².